The number of nitrogens with zero attached hydrogens (tertiary/aromatic N) is 4. The Labute approximate surface area is 194 Å². The molecule has 5 rings (SSSR count). The van der Waals surface area contributed by atoms with Gasteiger partial charge in [0.2, 0.25) is 0 Å². The van der Waals surface area contributed by atoms with E-state index in [1.165, 1.54) is 0 Å². The first-order valence-corrected chi connectivity index (χ1v) is 11.1. The molecule has 1 aromatic carbocycles. The Morgan fingerprint density at radius 2 is 1.97 bits per heavy atom. The number of aromatic nitrogens is 3. The second kappa shape index (κ2) is 9.14. The van der Waals surface area contributed by atoms with E-state index in [0.717, 1.165) is 37.6 Å². The molecule has 0 bridgehead atoms. The number of aliphatic hydroxyl groups is 1. The second-order valence-corrected chi connectivity index (χ2v) is 8.57. The van der Waals surface area contributed by atoms with Gasteiger partial charge in [0.15, 0.2) is 5.65 Å². The number of halogens is 1. The number of hydrogen-bond acceptors (Lipinski definition) is 8. The number of ether oxygens (including phenoxy) is 2. The van der Waals surface area contributed by atoms with Gasteiger partial charge in [-0.05, 0) is 18.2 Å². The summed E-state index contributed by atoms with van der Waals surface area (Å²) in [5.74, 6) is -1.30. The number of likely N-dealkylation sites (tertiary alicyclic amines) is 1. The second-order valence-electron chi connectivity index (χ2n) is 8.16. The number of imidazole rings is 1. The summed E-state index contributed by atoms with van der Waals surface area (Å²) in [6, 6.07) is 10.0. The molecule has 0 amide bonds. The van der Waals surface area contributed by atoms with Crippen LogP contribution in [0.25, 0.3) is 22.4 Å². The van der Waals surface area contributed by atoms with Gasteiger partial charge < -0.3 is 29.6 Å². The average molecular weight is 474 g/mol. The molecule has 0 spiro atoms. The lowest BCUT2D eigenvalue weighted by Crippen LogP contribution is -2.56. The summed E-state index contributed by atoms with van der Waals surface area (Å²) >= 11 is 6.50. The lowest BCUT2D eigenvalue weighted by molar-refractivity contribution is -0.155. The highest BCUT2D eigenvalue weighted by Crippen LogP contribution is 2.31. The zero-order valence-electron chi connectivity index (χ0n) is 17.8. The van der Waals surface area contributed by atoms with Crippen LogP contribution in [0.15, 0.2) is 30.3 Å². The molecule has 11 heteroatoms. The molecule has 0 radical (unpaired) electrons. The largest absolute Gasteiger partial charge is 0.481 e. The van der Waals surface area contributed by atoms with E-state index in [4.69, 9.17) is 26.2 Å². The number of carboxylic acids is 1. The van der Waals surface area contributed by atoms with Crippen molar-refractivity contribution in [3.05, 3.63) is 35.4 Å². The molecule has 2 saturated heterocycles. The van der Waals surface area contributed by atoms with Crippen LogP contribution in [0.2, 0.25) is 5.02 Å². The van der Waals surface area contributed by atoms with Gasteiger partial charge in [-0.3, -0.25) is 9.69 Å². The molecule has 2 aliphatic rings. The topological polar surface area (TPSA) is 124 Å². The van der Waals surface area contributed by atoms with Gasteiger partial charge in [0.05, 0.1) is 35.4 Å². The minimum absolute atomic E-state index is 0.0459. The highest BCUT2D eigenvalue weighted by atomic mass is 35.5. The van der Waals surface area contributed by atoms with Crippen LogP contribution < -0.4 is 9.64 Å². The Bertz CT molecular complexity index is 1140. The normalized spacial score (nSPS) is 18.3. The third kappa shape index (κ3) is 4.60. The molecular formula is C22H24ClN5O5. The summed E-state index contributed by atoms with van der Waals surface area (Å²) in [7, 11) is 0. The average Bonchev–Trinajstić information content (AvgIpc) is 3.18. The molecule has 2 fully saturated rings. The summed E-state index contributed by atoms with van der Waals surface area (Å²) in [5, 5.41) is 19.6. The van der Waals surface area contributed by atoms with Crippen molar-refractivity contribution in [1.29, 1.82) is 0 Å². The maximum Gasteiger partial charge on any atom is 0.309 e. The first-order chi connectivity index (χ1) is 16.0. The zero-order valence-corrected chi connectivity index (χ0v) is 18.5. The van der Waals surface area contributed by atoms with E-state index in [2.05, 4.69) is 19.9 Å². The molecule has 4 heterocycles. The van der Waals surface area contributed by atoms with Gasteiger partial charge in [-0.25, -0.2) is 4.98 Å². The molecule has 3 N–H and O–H groups in total. The Morgan fingerprint density at radius 3 is 2.67 bits per heavy atom. The number of aromatic amines is 1. The number of anilines is 1. The molecule has 3 aromatic rings. The van der Waals surface area contributed by atoms with Crippen LogP contribution in [-0.4, -0.2) is 88.3 Å². The Morgan fingerprint density at radius 1 is 1.24 bits per heavy atom. The van der Waals surface area contributed by atoms with Crippen LogP contribution in [0.5, 0.6) is 6.01 Å². The fraction of sp³-hybridized carbons (Fsp3) is 0.409. The summed E-state index contributed by atoms with van der Waals surface area (Å²) in [6.07, 6.45) is -0.911. The van der Waals surface area contributed by atoms with E-state index >= 15 is 0 Å². The van der Waals surface area contributed by atoms with E-state index in [0.29, 0.717) is 35.0 Å². The number of hydrogen-bond donors (Lipinski definition) is 3. The number of fused-ring (bicyclic) bond motifs is 1. The number of morpholine rings is 1. The van der Waals surface area contributed by atoms with Crippen molar-refractivity contribution in [3.63, 3.8) is 0 Å². The van der Waals surface area contributed by atoms with Gasteiger partial charge in [0.1, 0.15) is 12.8 Å². The summed E-state index contributed by atoms with van der Waals surface area (Å²) < 4.78 is 11.0. The quantitative estimate of drug-likeness (QED) is 0.471. The number of H-pyrrole nitrogens is 1. The minimum Gasteiger partial charge on any atom is -0.481 e. The van der Waals surface area contributed by atoms with Gasteiger partial charge in [0, 0.05) is 37.4 Å². The summed E-state index contributed by atoms with van der Waals surface area (Å²) in [4.78, 5) is 26.8. The van der Waals surface area contributed by atoms with Gasteiger partial charge >= 0.3 is 5.97 Å². The number of aliphatic hydroxyl groups excluding tert-OH is 1. The maximum absolute atomic E-state index is 10.9. The first-order valence-electron chi connectivity index (χ1n) is 10.7. The van der Waals surface area contributed by atoms with Crippen molar-refractivity contribution >= 4 is 34.4 Å². The van der Waals surface area contributed by atoms with Crippen molar-refractivity contribution in [2.45, 2.75) is 6.23 Å². The number of carboxylic acid groups (broad SMARTS) is 1. The van der Waals surface area contributed by atoms with Crippen LogP contribution in [0.1, 0.15) is 0 Å². The van der Waals surface area contributed by atoms with Crippen LogP contribution >= 0.6 is 11.6 Å². The van der Waals surface area contributed by atoms with Gasteiger partial charge in [0.25, 0.3) is 6.01 Å². The monoisotopic (exact) mass is 473 g/mol. The summed E-state index contributed by atoms with van der Waals surface area (Å²) in [5.41, 5.74) is 3.70. The van der Waals surface area contributed by atoms with Crippen molar-refractivity contribution in [3.8, 4) is 17.3 Å². The highest BCUT2D eigenvalue weighted by molar-refractivity contribution is 6.33. The minimum atomic E-state index is -0.911. The van der Waals surface area contributed by atoms with E-state index < -0.39 is 18.1 Å². The van der Waals surface area contributed by atoms with E-state index in [1.807, 2.05) is 24.3 Å². The van der Waals surface area contributed by atoms with Gasteiger partial charge in [-0.1, -0.05) is 23.7 Å². The number of pyridine rings is 1. The number of benzene rings is 1. The fourth-order valence-electron chi connectivity index (χ4n) is 3.99. The third-order valence-electron chi connectivity index (χ3n) is 5.97. The third-order valence-corrected chi connectivity index (χ3v) is 6.26. The smallest absolute Gasteiger partial charge is 0.309 e. The molecular weight excluding hydrogens is 450 g/mol. The number of carbonyl (C=O) groups is 1. The summed E-state index contributed by atoms with van der Waals surface area (Å²) in [6.45, 7) is 3.74. The number of rotatable bonds is 7. The fourth-order valence-corrected chi connectivity index (χ4v) is 4.25. The van der Waals surface area contributed by atoms with E-state index in [-0.39, 0.29) is 12.6 Å². The lowest BCUT2D eigenvalue weighted by atomic mass is 10.0. The van der Waals surface area contributed by atoms with Crippen molar-refractivity contribution in [1.82, 2.24) is 19.9 Å². The number of aliphatic carboxylic acids is 1. The Hall–Kier alpha value is -2.92. The molecule has 174 valence electrons. The zero-order chi connectivity index (χ0) is 22.9. The molecule has 2 aliphatic heterocycles. The lowest BCUT2D eigenvalue weighted by Gasteiger charge is -2.39. The molecule has 10 nitrogen and oxygen atoms in total. The van der Waals surface area contributed by atoms with Crippen molar-refractivity contribution in [2.75, 3.05) is 50.9 Å². The van der Waals surface area contributed by atoms with Gasteiger partial charge in [-0.2, -0.15) is 4.98 Å². The van der Waals surface area contributed by atoms with Crippen molar-refractivity contribution < 1.29 is 24.5 Å². The SMILES string of the molecule is O=C(O)C1CN(C(O)COc2nc3nc(-c4ccc(N5CCOCC5)cc4)c(Cl)cc3[nH]2)C1. The standard InChI is InChI=1S/C22H24ClN5O5/c23-16-9-17-20(26-22(24-17)33-12-18(29)28-10-14(11-28)21(30)31)25-19(16)13-1-3-15(4-2-13)27-5-7-32-8-6-27/h1-4,9,14,18,29H,5-8,10-12H2,(H,30,31)(H,24,25,26). The number of nitrogens with one attached hydrogen (secondary N) is 1. The Balaban J connectivity index is 1.26. The van der Waals surface area contributed by atoms with Crippen LogP contribution in [0.3, 0.4) is 0 Å². The van der Waals surface area contributed by atoms with E-state index in [1.54, 1.807) is 11.0 Å². The van der Waals surface area contributed by atoms with E-state index in [9.17, 15) is 9.90 Å². The molecule has 1 unspecified atom stereocenters. The van der Waals surface area contributed by atoms with Crippen molar-refractivity contribution in [2.24, 2.45) is 5.92 Å². The van der Waals surface area contributed by atoms with Crippen LogP contribution in [0, 0.1) is 5.92 Å². The Kier molecular flexibility index (Phi) is 6.07. The molecule has 0 aliphatic carbocycles. The van der Waals surface area contributed by atoms with Crippen LogP contribution in [0.4, 0.5) is 5.69 Å². The molecule has 0 saturated carbocycles. The first kappa shape index (κ1) is 21.9. The predicted octanol–water partition coefficient (Wildman–Crippen LogP) is 1.83. The molecule has 2 aromatic heterocycles. The maximum atomic E-state index is 10.9. The van der Waals surface area contributed by atoms with Gasteiger partial charge in [-0.15, -0.1) is 0 Å². The molecule has 1 atom stereocenters. The predicted molar refractivity (Wildman–Crippen MR) is 122 cm³/mol. The highest BCUT2D eigenvalue weighted by Gasteiger charge is 2.36. The van der Waals surface area contributed by atoms with Crippen LogP contribution in [-0.2, 0) is 9.53 Å². The molecule has 33 heavy (non-hydrogen) atoms.